The second kappa shape index (κ2) is 9.42. The van der Waals surface area contributed by atoms with Crippen LogP contribution in [-0.2, 0) is 17.9 Å². The highest BCUT2D eigenvalue weighted by Gasteiger charge is 2.29. The lowest BCUT2D eigenvalue weighted by atomic mass is 10.1. The number of ether oxygens (including phenoxy) is 1. The molecule has 1 N–H and O–H groups in total. The summed E-state index contributed by atoms with van der Waals surface area (Å²) in [5, 5.41) is 3.12. The highest BCUT2D eigenvalue weighted by Crippen LogP contribution is 2.20. The monoisotopic (exact) mass is 393 g/mol. The van der Waals surface area contributed by atoms with Gasteiger partial charge in [-0.2, -0.15) is 0 Å². The third-order valence-electron chi connectivity index (χ3n) is 5.81. The molecule has 29 heavy (non-hydrogen) atoms. The van der Waals surface area contributed by atoms with Crippen molar-refractivity contribution in [3.05, 3.63) is 65.7 Å². The number of piperazine rings is 1. The van der Waals surface area contributed by atoms with Crippen molar-refractivity contribution in [1.29, 1.82) is 0 Å². The Labute approximate surface area is 173 Å². The standard InChI is InChI=1S/C24H31N3O2/c1-19(24(28)25-22-10-11-22)27-14-12-26(13-15-27)17-21-8-5-9-23(16-21)29-18-20-6-3-2-4-7-20/h2-9,16,19,22H,10-15,17-18H2,1H3,(H,25,28). The molecule has 1 atom stereocenters. The smallest absolute Gasteiger partial charge is 0.237 e. The van der Waals surface area contributed by atoms with Crippen LogP contribution in [0, 0.1) is 0 Å². The van der Waals surface area contributed by atoms with E-state index >= 15 is 0 Å². The Morgan fingerprint density at radius 2 is 1.76 bits per heavy atom. The van der Waals surface area contributed by atoms with Crippen LogP contribution in [0.2, 0.25) is 0 Å². The Kier molecular flexibility index (Phi) is 6.47. The molecule has 0 bridgehead atoms. The zero-order valence-corrected chi connectivity index (χ0v) is 17.2. The molecular formula is C24H31N3O2. The lowest BCUT2D eigenvalue weighted by Gasteiger charge is -2.37. The van der Waals surface area contributed by atoms with E-state index in [-0.39, 0.29) is 11.9 Å². The second-order valence-electron chi connectivity index (χ2n) is 8.19. The fourth-order valence-electron chi connectivity index (χ4n) is 3.76. The average Bonchev–Trinajstić information content (AvgIpc) is 3.57. The molecule has 4 rings (SSSR count). The highest BCUT2D eigenvalue weighted by molar-refractivity contribution is 5.81. The molecule has 0 aromatic heterocycles. The molecule has 1 heterocycles. The predicted molar refractivity (Wildman–Crippen MR) is 115 cm³/mol. The van der Waals surface area contributed by atoms with Crippen molar-refractivity contribution in [1.82, 2.24) is 15.1 Å². The second-order valence-corrected chi connectivity index (χ2v) is 8.19. The van der Waals surface area contributed by atoms with E-state index in [1.54, 1.807) is 0 Å². The quantitative estimate of drug-likeness (QED) is 0.749. The SMILES string of the molecule is CC(C(=O)NC1CC1)N1CCN(Cc2cccc(OCc3ccccc3)c2)CC1. The van der Waals surface area contributed by atoms with E-state index in [2.05, 4.69) is 45.4 Å². The predicted octanol–water partition coefficient (Wildman–Crippen LogP) is 3.05. The Morgan fingerprint density at radius 3 is 2.48 bits per heavy atom. The van der Waals surface area contributed by atoms with E-state index < -0.39 is 0 Å². The molecule has 5 heteroatoms. The molecule has 5 nitrogen and oxygen atoms in total. The van der Waals surface area contributed by atoms with Gasteiger partial charge in [0.2, 0.25) is 5.91 Å². The summed E-state index contributed by atoms with van der Waals surface area (Å²) in [6, 6.07) is 19.0. The maximum absolute atomic E-state index is 12.3. The summed E-state index contributed by atoms with van der Waals surface area (Å²) in [5.41, 5.74) is 2.44. The molecule has 1 aliphatic heterocycles. The van der Waals surface area contributed by atoms with Gasteiger partial charge in [-0.1, -0.05) is 42.5 Å². The molecule has 1 unspecified atom stereocenters. The number of amides is 1. The van der Waals surface area contributed by atoms with Crippen LogP contribution in [0.1, 0.15) is 30.9 Å². The van der Waals surface area contributed by atoms with E-state index in [4.69, 9.17) is 4.74 Å². The minimum Gasteiger partial charge on any atom is -0.489 e. The van der Waals surface area contributed by atoms with Gasteiger partial charge < -0.3 is 10.1 Å². The first-order valence-electron chi connectivity index (χ1n) is 10.7. The Hall–Kier alpha value is -2.37. The van der Waals surface area contributed by atoms with Crippen LogP contribution in [0.15, 0.2) is 54.6 Å². The first-order chi connectivity index (χ1) is 14.2. The van der Waals surface area contributed by atoms with E-state index in [0.29, 0.717) is 12.6 Å². The van der Waals surface area contributed by atoms with Gasteiger partial charge in [-0.05, 0) is 43.0 Å². The Morgan fingerprint density at radius 1 is 1.03 bits per heavy atom. The summed E-state index contributed by atoms with van der Waals surface area (Å²) >= 11 is 0. The number of benzene rings is 2. The highest BCUT2D eigenvalue weighted by atomic mass is 16.5. The van der Waals surface area contributed by atoms with E-state index in [9.17, 15) is 4.79 Å². The number of rotatable bonds is 8. The topological polar surface area (TPSA) is 44.8 Å². The molecular weight excluding hydrogens is 362 g/mol. The van der Waals surface area contributed by atoms with Crippen molar-refractivity contribution in [2.24, 2.45) is 0 Å². The van der Waals surface area contributed by atoms with Gasteiger partial charge in [0.25, 0.3) is 0 Å². The summed E-state index contributed by atoms with van der Waals surface area (Å²) in [5.74, 6) is 1.10. The maximum atomic E-state index is 12.3. The fourth-order valence-corrected chi connectivity index (χ4v) is 3.76. The molecule has 2 aliphatic rings. The largest absolute Gasteiger partial charge is 0.489 e. The molecule has 2 aromatic rings. The number of carbonyl (C=O) groups excluding carboxylic acids is 1. The van der Waals surface area contributed by atoms with Gasteiger partial charge in [0.05, 0.1) is 6.04 Å². The van der Waals surface area contributed by atoms with Crippen molar-refractivity contribution in [2.45, 2.75) is 45.0 Å². The van der Waals surface area contributed by atoms with Crippen LogP contribution in [-0.4, -0.2) is 54.0 Å². The summed E-state index contributed by atoms with van der Waals surface area (Å²) < 4.78 is 5.96. The van der Waals surface area contributed by atoms with Gasteiger partial charge in [0.15, 0.2) is 0 Å². The van der Waals surface area contributed by atoms with Gasteiger partial charge in [-0.3, -0.25) is 14.6 Å². The molecule has 2 aromatic carbocycles. The number of nitrogens with one attached hydrogen (secondary N) is 1. The molecule has 1 aliphatic carbocycles. The molecule has 1 amide bonds. The first kappa shape index (κ1) is 19.9. The number of carbonyl (C=O) groups is 1. The molecule has 1 saturated carbocycles. The minimum absolute atomic E-state index is 0.0348. The molecule has 0 radical (unpaired) electrons. The Balaban J connectivity index is 1.24. The summed E-state index contributed by atoms with van der Waals surface area (Å²) in [6.45, 7) is 7.36. The third-order valence-corrected chi connectivity index (χ3v) is 5.81. The maximum Gasteiger partial charge on any atom is 0.237 e. The first-order valence-corrected chi connectivity index (χ1v) is 10.7. The number of nitrogens with zero attached hydrogens (tertiary/aromatic N) is 2. The number of hydrogen-bond donors (Lipinski definition) is 1. The fraction of sp³-hybridized carbons (Fsp3) is 0.458. The van der Waals surface area contributed by atoms with Crippen molar-refractivity contribution < 1.29 is 9.53 Å². The van der Waals surface area contributed by atoms with Crippen molar-refractivity contribution in [3.63, 3.8) is 0 Å². The van der Waals surface area contributed by atoms with Gasteiger partial charge in [0.1, 0.15) is 12.4 Å². The van der Waals surface area contributed by atoms with Crippen molar-refractivity contribution in [3.8, 4) is 5.75 Å². The molecule has 154 valence electrons. The van der Waals surface area contributed by atoms with Gasteiger partial charge >= 0.3 is 0 Å². The third kappa shape index (κ3) is 5.81. The summed E-state index contributed by atoms with van der Waals surface area (Å²) in [7, 11) is 0. The van der Waals surface area contributed by atoms with E-state index in [0.717, 1.165) is 51.3 Å². The molecule has 0 spiro atoms. The van der Waals surface area contributed by atoms with Gasteiger partial charge in [-0.15, -0.1) is 0 Å². The van der Waals surface area contributed by atoms with Crippen LogP contribution in [0.3, 0.4) is 0 Å². The molecule has 2 fully saturated rings. The minimum atomic E-state index is -0.0348. The van der Waals surface area contributed by atoms with Crippen LogP contribution in [0.4, 0.5) is 0 Å². The van der Waals surface area contributed by atoms with Gasteiger partial charge in [0, 0.05) is 38.8 Å². The number of hydrogen-bond acceptors (Lipinski definition) is 4. The zero-order chi connectivity index (χ0) is 20.1. The normalized spacial score (nSPS) is 18.9. The summed E-state index contributed by atoms with van der Waals surface area (Å²) in [4.78, 5) is 17.0. The van der Waals surface area contributed by atoms with Crippen LogP contribution >= 0.6 is 0 Å². The average molecular weight is 394 g/mol. The Bertz CT molecular complexity index is 799. The lowest BCUT2D eigenvalue weighted by molar-refractivity contribution is -0.126. The van der Waals surface area contributed by atoms with E-state index in [1.165, 1.54) is 11.1 Å². The lowest BCUT2D eigenvalue weighted by Crippen LogP contribution is -2.53. The van der Waals surface area contributed by atoms with Crippen molar-refractivity contribution in [2.75, 3.05) is 26.2 Å². The van der Waals surface area contributed by atoms with Crippen LogP contribution in [0.5, 0.6) is 5.75 Å². The van der Waals surface area contributed by atoms with E-state index in [1.807, 2.05) is 31.2 Å². The molecule has 1 saturated heterocycles. The van der Waals surface area contributed by atoms with Crippen LogP contribution in [0.25, 0.3) is 0 Å². The summed E-state index contributed by atoms with van der Waals surface area (Å²) in [6.07, 6.45) is 2.28. The van der Waals surface area contributed by atoms with Crippen molar-refractivity contribution >= 4 is 5.91 Å². The zero-order valence-electron chi connectivity index (χ0n) is 17.2. The van der Waals surface area contributed by atoms with Gasteiger partial charge in [-0.25, -0.2) is 0 Å². The van der Waals surface area contributed by atoms with Crippen LogP contribution < -0.4 is 10.1 Å².